The van der Waals surface area contributed by atoms with Gasteiger partial charge in [-0.1, -0.05) is 0 Å². The molecule has 3 aliphatic rings. The van der Waals surface area contributed by atoms with Crippen LogP contribution in [0.25, 0.3) is 0 Å². The van der Waals surface area contributed by atoms with E-state index in [9.17, 15) is 17.6 Å². The van der Waals surface area contributed by atoms with Gasteiger partial charge in [0.1, 0.15) is 6.10 Å². The van der Waals surface area contributed by atoms with E-state index in [0.29, 0.717) is 63.4 Å². The van der Waals surface area contributed by atoms with Crippen LogP contribution in [0.3, 0.4) is 0 Å². The summed E-state index contributed by atoms with van der Waals surface area (Å²) in [5.41, 5.74) is 1.28. The van der Waals surface area contributed by atoms with Crippen LogP contribution in [0.4, 0.5) is 10.1 Å². The number of alkyl halides is 1. The van der Waals surface area contributed by atoms with Gasteiger partial charge in [0.25, 0.3) is 5.91 Å². The van der Waals surface area contributed by atoms with Crippen molar-refractivity contribution < 1.29 is 27.1 Å². The molecule has 29 heavy (non-hydrogen) atoms. The summed E-state index contributed by atoms with van der Waals surface area (Å²) >= 11 is 0. The Morgan fingerprint density at radius 2 is 1.76 bits per heavy atom. The van der Waals surface area contributed by atoms with Crippen molar-refractivity contribution in [3.05, 3.63) is 23.8 Å². The quantitative estimate of drug-likeness (QED) is 0.653. The van der Waals surface area contributed by atoms with Gasteiger partial charge in [0, 0.05) is 44.1 Å². The van der Waals surface area contributed by atoms with Crippen molar-refractivity contribution in [2.24, 2.45) is 0 Å². The van der Waals surface area contributed by atoms with Gasteiger partial charge in [-0.3, -0.25) is 9.18 Å². The molecule has 160 valence electrons. The van der Waals surface area contributed by atoms with E-state index in [1.54, 1.807) is 23.1 Å². The predicted molar refractivity (Wildman–Crippen MR) is 105 cm³/mol. The summed E-state index contributed by atoms with van der Waals surface area (Å²) < 4.78 is 51.9. The molecule has 2 fully saturated rings. The molecule has 2 unspecified atom stereocenters. The molecule has 7 nitrogen and oxygen atoms in total. The lowest BCUT2D eigenvalue weighted by atomic mass is 9.95. The number of amides is 1. The molecule has 9 heteroatoms. The van der Waals surface area contributed by atoms with Crippen molar-refractivity contribution in [3.8, 4) is 0 Å². The lowest BCUT2D eigenvalue weighted by Crippen LogP contribution is -2.48. The number of unbranched alkanes of at least 4 members (excludes halogenated alkanes) is 1. The fourth-order valence-corrected chi connectivity index (χ4v) is 5.77. The van der Waals surface area contributed by atoms with Gasteiger partial charge >= 0.3 is 0 Å². The summed E-state index contributed by atoms with van der Waals surface area (Å²) in [5.74, 6) is -0.210. The van der Waals surface area contributed by atoms with Gasteiger partial charge in [0.2, 0.25) is 10.0 Å². The van der Waals surface area contributed by atoms with Crippen molar-refractivity contribution in [2.75, 3.05) is 44.4 Å². The lowest BCUT2D eigenvalue weighted by molar-refractivity contribution is -0.139. The van der Waals surface area contributed by atoms with Crippen molar-refractivity contribution in [2.45, 2.75) is 49.2 Å². The second-order valence-electron chi connectivity index (χ2n) is 7.65. The number of sulfonamides is 1. The largest absolute Gasteiger partial charge is 0.370 e. The van der Waals surface area contributed by atoms with Crippen LogP contribution in [-0.4, -0.2) is 64.3 Å². The second kappa shape index (κ2) is 8.67. The van der Waals surface area contributed by atoms with Crippen LogP contribution < -0.4 is 4.90 Å². The van der Waals surface area contributed by atoms with Crippen molar-refractivity contribution in [1.29, 1.82) is 0 Å². The van der Waals surface area contributed by atoms with Gasteiger partial charge in [-0.15, -0.1) is 0 Å². The maximum atomic E-state index is 13.1. The molecule has 0 saturated carbocycles. The van der Waals surface area contributed by atoms with Gasteiger partial charge in [0.15, 0.2) is 6.10 Å². The Morgan fingerprint density at radius 3 is 2.48 bits per heavy atom. The zero-order valence-corrected chi connectivity index (χ0v) is 17.2. The highest BCUT2D eigenvalue weighted by molar-refractivity contribution is 7.89. The second-order valence-corrected chi connectivity index (χ2v) is 9.59. The first-order valence-electron chi connectivity index (χ1n) is 10.3. The molecular formula is C20H27FN2O5S. The number of anilines is 1. The molecule has 0 bridgehead atoms. The van der Waals surface area contributed by atoms with E-state index in [-0.39, 0.29) is 10.8 Å². The molecule has 4 rings (SSSR count). The number of rotatable bonds is 6. The number of carbonyl (C=O) groups is 1. The summed E-state index contributed by atoms with van der Waals surface area (Å²) in [6.45, 7) is 1.83. The fraction of sp³-hybridized carbons (Fsp3) is 0.650. The normalized spacial score (nSPS) is 25.6. The van der Waals surface area contributed by atoms with E-state index in [1.807, 2.05) is 0 Å². The molecule has 3 heterocycles. The van der Waals surface area contributed by atoms with Gasteiger partial charge in [0.05, 0.1) is 11.6 Å². The monoisotopic (exact) mass is 426 g/mol. The Bertz CT molecular complexity index is 856. The van der Waals surface area contributed by atoms with Crippen LogP contribution in [0.5, 0.6) is 0 Å². The van der Waals surface area contributed by atoms with Gasteiger partial charge in [-0.05, 0) is 50.3 Å². The topological polar surface area (TPSA) is 76.1 Å². The minimum Gasteiger partial charge on any atom is -0.370 e. The summed E-state index contributed by atoms with van der Waals surface area (Å²) in [6.07, 6.45) is 1.85. The van der Waals surface area contributed by atoms with Gasteiger partial charge < -0.3 is 14.4 Å². The molecule has 2 atom stereocenters. The molecule has 0 spiro atoms. The average Bonchev–Trinajstić information content (AvgIpc) is 3.16. The summed E-state index contributed by atoms with van der Waals surface area (Å²) in [7, 11) is -3.59. The summed E-state index contributed by atoms with van der Waals surface area (Å²) in [5, 5.41) is 0. The maximum absolute atomic E-state index is 13.1. The third-order valence-electron chi connectivity index (χ3n) is 5.73. The van der Waals surface area contributed by atoms with Crippen LogP contribution in [0.1, 0.15) is 43.8 Å². The van der Waals surface area contributed by atoms with Crippen LogP contribution >= 0.6 is 0 Å². The van der Waals surface area contributed by atoms with Crippen LogP contribution in [-0.2, 0) is 24.3 Å². The van der Waals surface area contributed by atoms with Crippen LogP contribution in [0.2, 0.25) is 0 Å². The first-order valence-corrected chi connectivity index (χ1v) is 11.7. The lowest BCUT2D eigenvalue weighted by Gasteiger charge is -2.38. The number of hydrogen-bond acceptors (Lipinski definition) is 5. The highest BCUT2D eigenvalue weighted by Gasteiger charge is 2.43. The zero-order valence-electron chi connectivity index (χ0n) is 16.4. The minimum atomic E-state index is -3.59. The SMILES string of the molecule is O=C1C2OCCCOC2c2cc(S(=O)(=O)N3CCCC3)ccc2N1CCCCF. The third-order valence-corrected chi connectivity index (χ3v) is 7.63. The van der Waals surface area contributed by atoms with E-state index in [1.165, 1.54) is 4.31 Å². The number of fused-ring (bicyclic) bond motifs is 3. The number of ether oxygens (including phenoxy) is 2. The first-order chi connectivity index (χ1) is 14.0. The molecule has 0 N–H and O–H groups in total. The fourth-order valence-electron chi connectivity index (χ4n) is 4.22. The van der Waals surface area contributed by atoms with Gasteiger partial charge in [-0.25, -0.2) is 8.42 Å². The molecule has 3 aliphatic heterocycles. The number of halogens is 1. The maximum Gasteiger partial charge on any atom is 0.259 e. The smallest absolute Gasteiger partial charge is 0.259 e. The molecular weight excluding hydrogens is 399 g/mol. The first kappa shape index (κ1) is 20.7. The number of benzene rings is 1. The highest BCUT2D eigenvalue weighted by atomic mass is 32.2. The molecule has 2 saturated heterocycles. The highest BCUT2D eigenvalue weighted by Crippen LogP contribution is 2.41. The third kappa shape index (κ3) is 3.93. The van der Waals surface area contributed by atoms with E-state index < -0.39 is 28.9 Å². The van der Waals surface area contributed by atoms with Crippen molar-refractivity contribution in [1.82, 2.24) is 4.31 Å². The number of nitrogens with zero attached hydrogens (tertiary/aromatic N) is 2. The van der Waals surface area contributed by atoms with E-state index in [2.05, 4.69) is 0 Å². The van der Waals surface area contributed by atoms with Crippen molar-refractivity contribution >= 4 is 21.6 Å². The summed E-state index contributed by atoms with van der Waals surface area (Å²) in [6, 6.07) is 4.86. The Hall–Kier alpha value is -1.55. The van der Waals surface area contributed by atoms with Crippen molar-refractivity contribution in [3.63, 3.8) is 0 Å². The van der Waals surface area contributed by atoms with Gasteiger partial charge in [-0.2, -0.15) is 4.31 Å². The number of carbonyl (C=O) groups excluding carboxylic acids is 1. The number of hydrogen-bond donors (Lipinski definition) is 0. The molecule has 0 aliphatic carbocycles. The average molecular weight is 427 g/mol. The zero-order chi connectivity index (χ0) is 20.4. The van der Waals surface area contributed by atoms with E-state index in [4.69, 9.17) is 9.47 Å². The molecule has 0 aromatic heterocycles. The predicted octanol–water partition coefficient (Wildman–Crippen LogP) is 2.41. The minimum absolute atomic E-state index is 0.210. The summed E-state index contributed by atoms with van der Waals surface area (Å²) in [4.78, 5) is 14.9. The molecule has 1 amide bonds. The van der Waals surface area contributed by atoms with Crippen LogP contribution in [0, 0.1) is 0 Å². The Balaban J connectivity index is 1.74. The van der Waals surface area contributed by atoms with E-state index >= 15 is 0 Å². The molecule has 0 radical (unpaired) electrons. The van der Waals surface area contributed by atoms with Crippen LogP contribution in [0.15, 0.2) is 23.1 Å². The Morgan fingerprint density at radius 1 is 1.03 bits per heavy atom. The molecule has 1 aromatic carbocycles. The Labute approximate surface area is 170 Å². The Kier molecular flexibility index (Phi) is 6.19. The van der Waals surface area contributed by atoms with E-state index in [0.717, 1.165) is 12.8 Å². The molecule has 1 aromatic rings. The standard InChI is InChI=1S/C20H27FN2O5S/c21-8-1-2-11-23-17-7-6-15(29(25,26)22-9-3-4-10-22)14-16(17)18-19(20(23)24)28-13-5-12-27-18/h6-7,14,18-19H,1-5,8-13H2.